The van der Waals surface area contributed by atoms with E-state index in [1.807, 2.05) is 42.5 Å². The second-order valence-electron chi connectivity index (χ2n) is 6.58. The van der Waals surface area contributed by atoms with Gasteiger partial charge in [0.05, 0.1) is 18.4 Å². The maximum absolute atomic E-state index is 12.2. The number of fused-ring (bicyclic) bond motifs is 1. The van der Waals surface area contributed by atoms with Gasteiger partial charge in [0.15, 0.2) is 0 Å². The maximum Gasteiger partial charge on any atom is 0.319 e. The summed E-state index contributed by atoms with van der Waals surface area (Å²) in [5.74, 6) is 0. The van der Waals surface area contributed by atoms with Gasteiger partial charge in [-0.05, 0) is 24.3 Å². The van der Waals surface area contributed by atoms with Crippen LogP contribution in [0.5, 0.6) is 0 Å². The van der Waals surface area contributed by atoms with Crippen LogP contribution in [0.4, 0.5) is 10.5 Å². The Kier molecular flexibility index (Phi) is 4.36. The smallest absolute Gasteiger partial charge is 0.319 e. The maximum atomic E-state index is 12.2. The van der Waals surface area contributed by atoms with Gasteiger partial charge < -0.3 is 15.4 Å². The first-order chi connectivity index (χ1) is 11.8. The predicted molar refractivity (Wildman–Crippen MR) is 95.3 cm³/mol. The van der Waals surface area contributed by atoms with E-state index in [-0.39, 0.29) is 12.1 Å². The summed E-state index contributed by atoms with van der Waals surface area (Å²) in [6, 6.07) is 14.5. The van der Waals surface area contributed by atoms with Crippen molar-refractivity contribution in [3.05, 3.63) is 42.5 Å². The minimum atomic E-state index is -0.182. The second-order valence-corrected chi connectivity index (χ2v) is 6.58. The summed E-state index contributed by atoms with van der Waals surface area (Å²) < 4.78 is 5.77. The first-order valence-corrected chi connectivity index (χ1v) is 8.68. The molecule has 2 aliphatic rings. The van der Waals surface area contributed by atoms with Gasteiger partial charge in [-0.25, -0.2) is 4.79 Å². The van der Waals surface area contributed by atoms with Crippen molar-refractivity contribution in [1.82, 2.24) is 10.2 Å². The first-order valence-electron chi connectivity index (χ1n) is 8.68. The van der Waals surface area contributed by atoms with E-state index < -0.39 is 0 Å². The van der Waals surface area contributed by atoms with E-state index in [2.05, 4.69) is 15.5 Å². The third-order valence-electron chi connectivity index (χ3n) is 4.76. The van der Waals surface area contributed by atoms with Gasteiger partial charge in [-0.2, -0.15) is 0 Å². The molecule has 1 aliphatic heterocycles. The zero-order valence-electron chi connectivity index (χ0n) is 13.7. The predicted octanol–water partition coefficient (Wildman–Crippen LogP) is 2.82. The standard InChI is InChI=1S/C19H23N3O2/c23-19(20-12-16-13-22(10-11-24-16)15-8-9-15)21-18-7-3-5-14-4-1-2-6-17(14)18/h1-7,15-16H,8-13H2,(H2,20,21,23)/t16-/m0/s1. The molecule has 1 heterocycles. The average molecular weight is 325 g/mol. The molecule has 0 radical (unpaired) electrons. The molecule has 4 rings (SSSR count). The molecule has 0 spiro atoms. The van der Waals surface area contributed by atoms with Gasteiger partial charge in [0.1, 0.15) is 0 Å². The SMILES string of the molecule is O=C(NC[C@H]1CN(C2CC2)CCO1)Nc1cccc2ccccc12. The van der Waals surface area contributed by atoms with Crippen molar-refractivity contribution in [2.45, 2.75) is 25.0 Å². The van der Waals surface area contributed by atoms with Crippen molar-refractivity contribution in [3.8, 4) is 0 Å². The lowest BCUT2D eigenvalue weighted by Crippen LogP contribution is -2.48. The number of nitrogens with one attached hydrogen (secondary N) is 2. The topological polar surface area (TPSA) is 53.6 Å². The van der Waals surface area contributed by atoms with Crippen LogP contribution in [0.15, 0.2) is 42.5 Å². The number of urea groups is 1. The molecule has 126 valence electrons. The van der Waals surface area contributed by atoms with Crippen LogP contribution < -0.4 is 10.6 Å². The highest BCUT2D eigenvalue weighted by Gasteiger charge is 2.32. The van der Waals surface area contributed by atoms with Crippen LogP contribution in [0.2, 0.25) is 0 Å². The van der Waals surface area contributed by atoms with Crippen LogP contribution in [0.25, 0.3) is 10.8 Å². The number of amides is 2. The van der Waals surface area contributed by atoms with Crippen molar-refractivity contribution in [1.29, 1.82) is 0 Å². The van der Waals surface area contributed by atoms with Crippen LogP contribution in [-0.2, 0) is 4.74 Å². The van der Waals surface area contributed by atoms with Gasteiger partial charge in [-0.15, -0.1) is 0 Å². The highest BCUT2D eigenvalue weighted by Crippen LogP contribution is 2.28. The van der Waals surface area contributed by atoms with Crippen LogP contribution >= 0.6 is 0 Å². The summed E-state index contributed by atoms with van der Waals surface area (Å²) in [6.07, 6.45) is 2.70. The highest BCUT2D eigenvalue weighted by molar-refractivity contribution is 6.01. The van der Waals surface area contributed by atoms with Gasteiger partial charge in [-0.3, -0.25) is 4.90 Å². The molecule has 0 bridgehead atoms. The largest absolute Gasteiger partial charge is 0.374 e. The molecule has 1 atom stereocenters. The fourth-order valence-corrected chi connectivity index (χ4v) is 3.34. The third-order valence-corrected chi connectivity index (χ3v) is 4.76. The fourth-order valence-electron chi connectivity index (χ4n) is 3.34. The Morgan fingerprint density at radius 1 is 1.17 bits per heavy atom. The van der Waals surface area contributed by atoms with E-state index in [4.69, 9.17) is 4.74 Å². The van der Waals surface area contributed by atoms with Crippen LogP contribution in [0.1, 0.15) is 12.8 Å². The zero-order valence-corrected chi connectivity index (χ0v) is 13.7. The number of anilines is 1. The van der Waals surface area contributed by atoms with E-state index in [9.17, 15) is 4.79 Å². The van der Waals surface area contributed by atoms with Crippen molar-refractivity contribution in [2.24, 2.45) is 0 Å². The summed E-state index contributed by atoms with van der Waals surface area (Å²) in [6.45, 7) is 3.23. The quantitative estimate of drug-likeness (QED) is 0.909. The zero-order chi connectivity index (χ0) is 16.4. The molecule has 2 aromatic rings. The van der Waals surface area contributed by atoms with Crippen molar-refractivity contribution in [2.75, 3.05) is 31.6 Å². The Morgan fingerprint density at radius 2 is 2.00 bits per heavy atom. The number of hydrogen-bond acceptors (Lipinski definition) is 3. The number of benzene rings is 2. The molecule has 1 saturated heterocycles. The molecule has 5 nitrogen and oxygen atoms in total. The molecule has 2 N–H and O–H groups in total. The van der Waals surface area contributed by atoms with Crippen molar-refractivity contribution < 1.29 is 9.53 Å². The number of carbonyl (C=O) groups excluding carboxylic acids is 1. The lowest BCUT2D eigenvalue weighted by molar-refractivity contribution is -0.0286. The van der Waals surface area contributed by atoms with Gasteiger partial charge in [0.2, 0.25) is 0 Å². The molecule has 0 aromatic heterocycles. The monoisotopic (exact) mass is 325 g/mol. The average Bonchev–Trinajstić information content (AvgIpc) is 3.46. The number of morpholine rings is 1. The van der Waals surface area contributed by atoms with Gasteiger partial charge >= 0.3 is 6.03 Å². The third kappa shape index (κ3) is 3.52. The van der Waals surface area contributed by atoms with E-state index in [1.54, 1.807) is 0 Å². The summed E-state index contributed by atoms with van der Waals surface area (Å²) >= 11 is 0. The fraction of sp³-hybridized carbons (Fsp3) is 0.421. The molecule has 0 unspecified atom stereocenters. The molecule has 2 fully saturated rings. The van der Waals surface area contributed by atoms with Crippen LogP contribution in [-0.4, -0.2) is 49.3 Å². The lowest BCUT2D eigenvalue weighted by atomic mass is 10.1. The van der Waals surface area contributed by atoms with E-state index >= 15 is 0 Å². The summed E-state index contributed by atoms with van der Waals surface area (Å²) in [7, 11) is 0. The Labute approximate surface area is 142 Å². The number of hydrogen-bond donors (Lipinski definition) is 2. The Morgan fingerprint density at radius 3 is 2.88 bits per heavy atom. The lowest BCUT2D eigenvalue weighted by Gasteiger charge is -2.33. The van der Waals surface area contributed by atoms with Gasteiger partial charge in [0.25, 0.3) is 0 Å². The molecular weight excluding hydrogens is 302 g/mol. The Balaban J connectivity index is 1.33. The van der Waals surface area contributed by atoms with Crippen LogP contribution in [0, 0.1) is 0 Å². The van der Waals surface area contributed by atoms with Crippen molar-refractivity contribution >= 4 is 22.5 Å². The molecule has 5 heteroatoms. The summed E-state index contributed by atoms with van der Waals surface area (Å²) in [4.78, 5) is 14.7. The molecular formula is C19H23N3O2. The number of carbonyl (C=O) groups is 1. The molecule has 1 aliphatic carbocycles. The van der Waals surface area contributed by atoms with E-state index in [0.29, 0.717) is 6.54 Å². The Hall–Kier alpha value is -2.11. The summed E-state index contributed by atoms with van der Waals surface area (Å²) in [5, 5.41) is 8.06. The molecule has 24 heavy (non-hydrogen) atoms. The number of nitrogens with zero attached hydrogens (tertiary/aromatic N) is 1. The number of rotatable bonds is 4. The molecule has 1 saturated carbocycles. The van der Waals surface area contributed by atoms with Gasteiger partial charge in [-0.1, -0.05) is 36.4 Å². The minimum Gasteiger partial charge on any atom is -0.374 e. The van der Waals surface area contributed by atoms with E-state index in [1.165, 1.54) is 12.8 Å². The normalized spacial score (nSPS) is 21.6. The second kappa shape index (κ2) is 6.79. The van der Waals surface area contributed by atoms with Crippen molar-refractivity contribution in [3.63, 3.8) is 0 Å². The highest BCUT2D eigenvalue weighted by atomic mass is 16.5. The first kappa shape index (κ1) is 15.4. The molecule has 2 aromatic carbocycles. The number of ether oxygens (including phenoxy) is 1. The minimum absolute atomic E-state index is 0.0811. The summed E-state index contributed by atoms with van der Waals surface area (Å²) in [5.41, 5.74) is 0.828. The van der Waals surface area contributed by atoms with Crippen LogP contribution in [0.3, 0.4) is 0 Å². The van der Waals surface area contributed by atoms with E-state index in [0.717, 1.165) is 42.2 Å². The molecule has 2 amide bonds. The van der Waals surface area contributed by atoms with Gasteiger partial charge in [0, 0.05) is 31.1 Å². The Bertz CT molecular complexity index is 724.